The average Bonchev–Trinajstić information content (AvgIpc) is 1.99. The molecule has 1 unspecified atom stereocenters. The largest absolute Gasteiger partial charge is 0.300 e. The van der Waals surface area contributed by atoms with Crippen LogP contribution in [-0.4, -0.2) is 24.0 Å². The van der Waals surface area contributed by atoms with Crippen molar-refractivity contribution in [3.05, 3.63) is 0 Å². The van der Waals surface area contributed by atoms with E-state index in [4.69, 9.17) is 0 Å². The van der Waals surface area contributed by atoms with Gasteiger partial charge in [-0.15, -0.1) is 0 Å². The summed E-state index contributed by atoms with van der Waals surface area (Å²) in [5, 5.41) is 0. The normalized spacial score (nSPS) is 20.5. The van der Waals surface area contributed by atoms with E-state index in [-0.39, 0.29) is 0 Å². The third-order valence-electron chi connectivity index (χ3n) is 3.02. The van der Waals surface area contributed by atoms with Gasteiger partial charge in [-0.3, -0.25) is 0 Å². The van der Waals surface area contributed by atoms with E-state index in [2.05, 4.69) is 18.7 Å². The van der Waals surface area contributed by atoms with Crippen molar-refractivity contribution in [3.63, 3.8) is 0 Å². The number of hydrogen-bond donors (Lipinski definition) is 0. The van der Waals surface area contributed by atoms with Gasteiger partial charge in [-0.25, -0.2) is 0 Å². The van der Waals surface area contributed by atoms with Gasteiger partial charge in [0, 0.05) is 6.04 Å². The zero-order valence-corrected chi connectivity index (χ0v) is 8.68. The van der Waals surface area contributed by atoms with Crippen LogP contribution in [0.15, 0.2) is 0 Å². The van der Waals surface area contributed by atoms with Crippen molar-refractivity contribution in [1.29, 1.82) is 0 Å². The smallest absolute Gasteiger partial charge is 0.00926 e. The highest BCUT2D eigenvalue weighted by molar-refractivity contribution is 4.77. The number of hydrogen-bond acceptors (Lipinski definition) is 1. The number of rotatable bonds is 6. The fourth-order valence-electron chi connectivity index (χ4n) is 1.98. The summed E-state index contributed by atoms with van der Waals surface area (Å²) in [5.74, 6) is 0. The first-order valence-corrected chi connectivity index (χ1v) is 5.62. The molecule has 1 rings (SSSR count). The maximum absolute atomic E-state index is 2.65. The Morgan fingerprint density at radius 2 is 1.92 bits per heavy atom. The summed E-state index contributed by atoms with van der Waals surface area (Å²) in [4.78, 5) is 2.65. The summed E-state index contributed by atoms with van der Waals surface area (Å²) in [6, 6.07) is 0.908. The molecule has 0 aromatic rings. The van der Waals surface area contributed by atoms with Crippen LogP contribution in [0, 0.1) is 0 Å². The second-order valence-electron chi connectivity index (χ2n) is 3.95. The lowest BCUT2D eigenvalue weighted by atomic mass is 10.0. The Kier molecular flexibility index (Phi) is 4.67. The average molecular weight is 169 g/mol. The van der Waals surface area contributed by atoms with Crippen LogP contribution in [0.25, 0.3) is 0 Å². The summed E-state index contributed by atoms with van der Waals surface area (Å²) in [6.07, 6.45) is 8.44. The van der Waals surface area contributed by atoms with Crippen LogP contribution in [-0.2, 0) is 0 Å². The van der Waals surface area contributed by atoms with Gasteiger partial charge in [0.15, 0.2) is 0 Å². The molecule has 1 aliphatic rings. The van der Waals surface area contributed by atoms with E-state index in [0.717, 1.165) is 6.04 Å². The molecule has 0 aromatic heterocycles. The van der Waals surface area contributed by atoms with Gasteiger partial charge in [-0.1, -0.05) is 33.1 Å². The Balaban J connectivity index is 2.07. The molecule has 1 nitrogen and oxygen atoms in total. The molecular formula is C11H23N. The number of likely N-dealkylation sites (tertiary alicyclic amines) is 1. The van der Waals surface area contributed by atoms with E-state index in [1.54, 1.807) is 0 Å². The summed E-state index contributed by atoms with van der Waals surface area (Å²) in [7, 11) is 0. The van der Waals surface area contributed by atoms with E-state index in [1.807, 2.05) is 0 Å². The molecule has 0 amide bonds. The first-order chi connectivity index (χ1) is 5.88. The van der Waals surface area contributed by atoms with Crippen molar-refractivity contribution in [1.82, 2.24) is 4.90 Å². The molecule has 0 aromatic carbocycles. The minimum absolute atomic E-state index is 0.908. The third kappa shape index (κ3) is 2.78. The van der Waals surface area contributed by atoms with Gasteiger partial charge in [0.2, 0.25) is 0 Å². The quantitative estimate of drug-likeness (QED) is 0.552. The van der Waals surface area contributed by atoms with Crippen LogP contribution < -0.4 is 0 Å². The molecule has 1 aliphatic heterocycles. The van der Waals surface area contributed by atoms with Crippen LogP contribution in [0.4, 0.5) is 0 Å². The van der Waals surface area contributed by atoms with Gasteiger partial charge in [-0.2, -0.15) is 0 Å². The molecule has 1 heterocycles. The molecule has 1 atom stereocenters. The second-order valence-corrected chi connectivity index (χ2v) is 3.95. The Bertz CT molecular complexity index is 108. The highest BCUT2D eigenvalue weighted by Gasteiger charge is 2.21. The van der Waals surface area contributed by atoms with Gasteiger partial charge in [-0.05, 0) is 32.4 Å². The van der Waals surface area contributed by atoms with Gasteiger partial charge in [0.25, 0.3) is 0 Å². The van der Waals surface area contributed by atoms with Crippen molar-refractivity contribution in [2.45, 2.75) is 58.4 Å². The zero-order valence-electron chi connectivity index (χ0n) is 8.68. The predicted molar refractivity (Wildman–Crippen MR) is 54.4 cm³/mol. The highest BCUT2D eigenvalue weighted by atomic mass is 15.2. The second kappa shape index (κ2) is 5.58. The number of nitrogens with zero attached hydrogens (tertiary/aromatic N) is 1. The fraction of sp³-hybridized carbons (Fsp3) is 1.00. The van der Waals surface area contributed by atoms with Crippen molar-refractivity contribution >= 4 is 0 Å². The standard InChI is InChI=1S/C11H23N/c1-3-5-6-8-11(4-2)12-9-7-10-12/h11H,3-10H2,1-2H3. The van der Waals surface area contributed by atoms with Crippen LogP contribution in [0.5, 0.6) is 0 Å². The van der Waals surface area contributed by atoms with Gasteiger partial charge in [0.05, 0.1) is 0 Å². The highest BCUT2D eigenvalue weighted by Crippen LogP contribution is 2.18. The number of unbranched alkanes of at least 4 members (excludes halogenated alkanes) is 2. The third-order valence-corrected chi connectivity index (χ3v) is 3.02. The molecule has 1 saturated heterocycles. The van der Waals surface area contributed by atoms with E-state index < -0.39 is 0 Å². The Labute approximate surface area is 77.1 Å². The van der Waals surface area contributed by atoms with Crippen LogP contribution in [0.2, 0.25) is 0 Å². The predicted octanol–water partition coefficient (Wildman–Crippen LogP) is 3.05. The van der Waals surface area contributed by atoms with Gasteiger partial charge >= 0.3 is 0 Å². The van der Waals surface area contributed by atoms with E-state index in [0.29, 0.717) is 0 Å². The lowest BCUT2D eigenvalue weighted by molar-refractivity contribution is 0.106. The molecule has 0 saturated carbocycles. The van der Waals surface area contributed by atoms with Crippen molar-refractivity contribution < 1.29 is 0 Å². The molecule has 1 heteroatoms. The van der Waals surface area contributed by atoms with Crippen molar-refractivity contribution in [3.8, 4) is 0 Å². The van der Waals surface area contributed by atoms with Gasteiger partial charge in [0.1, 0.15) is 0 Å². The first kappa shape index (κ1) is 10.0. The maximum atomic E-state index is 2.65. The van der Waals surface area contributed by atoms with E-state index in [1.165, 1.54) is 51.6 Å². The van der Waals surface area contributed by atoms with Crippen molar-refractivity contribution in [2.75, 3.05) is 13.1 Å². The minimum atomic E-state index is 0.908. The van der Waals surface area contributed by atoms with E-state index in [9.17, 15) is 0 Å². The first-order valence-electron chi connectivity index (χ1n) is 5.62. The molecular weight excluding hydrogens is 146 g/mol. The Morgan fingerprint density at radius 1 is 1.17 bits per heavy atom. The SMILES string of the molecule is CCCCCC(CC)N1CCC1. The molecule has 0 radical (unpaired) electrons. The van der Waals surface area contributed by atoms with Crippen molar-refractivity contribution in [2.24, 2.45) is 0 Å². The molecule has 0 spiro atoms. The molecule has 1 fully saturated rings. The summed E-state index contributed by atoms with van der Waals surface area (Å²) in [5.41, 5.74) is 0. The zero-order chi connectivity index (χ0) is 8.81. The van der Waals surface area contributed by atoms with Crippen LogP contribution in [0.1, 0.15) is 52.4 Å². The monoisotopic (exact) mass is 169 g/mol. The Morgan fingerprint density at radius 3 is 2.33 bits per heavy atom. The summed E-state index contributed by atoms with van der Waals surface area (Å²) < 4.78 is 0. The van der Waals surface area contributed by atoms with E-state index >= 15 is 0 Å². The Hall–Kier alpha value is -0.0400. The summed E-state index contributed by atoms with van der Waals surface area (Å²) >= 11 is 0. The van der Waals surface area contributed by atoms with Crippen LogP contribution >= 0.6 is 0 Å². The van der Waals surface area contributed by atoms with Crippen LogP contribution in [0.3, 0.4) is 0 Å². The molecule has 0 bridgehead atoms. The fourth-order valence-corrected chi connectivity index (χ4v) is 1.98. The van der Waals surface area contributed by atoms with Gasteiger partial charge < -0.3 is 4.90 Å². The lowest BCUT2D eigenvalue weighted by Crippen LogP contribution is -2.44. The summed E-state index contributed by atoms with van der Waals surface area (Å²) in [6.45, 7) is 7.34. The topological polar surface area (TPSA) is 3.24 Å². The minimum Gasteiger partial charge on any atom is -0.300 e. The molecule has 72 valence electrons. The lowest BCUT2D eigenvalue weighted by Gasteiger charge is -2.38. The molecule has 12 heavy (non-hydrogen) atoms. The molecule has 0 N–H and O–H groups in total. The molecule has 0 aliphatic carbocycles. The maximum Gasteiger partial charge on any atom is 0.00926 e.